The summed E-state index contributed by atoms with van der Waals surface area (Å²) in [5.41, 5.74) is 0. The zero-order valence-corrected chi connectivity index (χ0v) is 9.79. The molecule has 4 heteroatoms. The molecule has 1 aliphatic heterocycles. The number of carbonyl (C=O) groups is 1. The van der Waals surface area contributed by atoms with Gasteiger partial charge in [0.05, 0.1) is 6.10 Å². The van der Waals surface area contributed by atoms with E-state index in [2.05, 4.69) is 19.2 Å². The van der Waals surface area contributed by atoms with E-state index in [0.29, 0.717) is 18.4 Å². The summed E-state index contributed by atoms with van der Waals surface area (Å²) in [5, 5.41) is 2.87. The topological polar surface area (TPSA) is 47.6 Å². The van der Waals surface area contributed by atoms with Crippen LogP contribution in [0, 0.1) is 11.8 Å². The maximum absolute atomic E-state index is 11.2. The van der Waals surface area contributed by atoms with Crippen LogP contribution in [0.15, 0.2) is 0 Å². The highest BCUT2D eigenvalue weighted by Crippen LogP contribution is 2.25. The molecule has 0 aromatic rings. The lowest BCUT2D eigenvalue weighted by molar-refractivity contribution is -0.125. The number of amides is 1. The van der Waals surface area contributed by atoms with Gasteiger partial charge >= 0.3 is 0 Å². The molecule has 15 heavy (non-hydrogen) atoms. The fourth-order valence-electron chi connectivity index (χ4n) is 2.04. The van der Waals surface area contributed by atoms with Gasteiger partial charge in [-0.15, -0.1) is 0 Å². The molecule has 1 aliphatic rings. The van der Waals surface area contributed by atoms with E-state index in [1.165, 1.54) is 7.11 Å². The van der Waals surface area contributed by atoms with E-state index in [-0.39, 0.29) is 18.6 Å². The Kier molecular flexibility index (Phi) is 5.05. The van der Waals surface area contributed by atoms with E-state index in [4.69, 9.17) is 9.47 Å². The Morgan fingerprint density at radius 2 is 2.33 bits per heavy atom. The fraction of sp³-hybridized carbons (Fsp3) is 0.909. The highest BCUT2D eigenvalue weighted by Gasteiger charge is 2.30. The Balaban J connectivity index is 2.28. The van der Waals surface area contributed by atoms with Crippen LogP contribution < -0.4 is 5.32 Å². The van der Waals surface area contributed by atoms with Gasteiger partial charge in [0.25, 0.3) is 0 Å². The van der Waals surface area contributed by atoms with Crippen LogP contribution in [0.5, 0.6) is 0 Å². The SMILES string of the molecule is COCC(=O)NC[C@H]1CCO[C@@H]1C(C)C. The van der Waals surface area contributed by atoms with E-state index >= 15 is 0 Å². The summed E-state index contributed by atoms with van der Waals surface area (Å²) in [7, 11) is 1.52. The first-order chi connectivity index (χ1) is 7.15. The molecule has 1 rings (SSSR count). The van der Waals surface area contributed by atoms with Crippen molar-refractivity contribution in [2.45, 2.75) is 26.4 Å². The van der Waals surface area contributed by atoms with Crippen LogP contribution in [0.2, 0.25) is 0 Å². The molecule has 1 heterocycles. The number of rotatable bonds is 5. The van der Waals surface area contributed by atoms with Crippen molar-refractivity contribution in [2.75, 3.05) is 26.9 Å². The lowest BCUT2D eigenvalue weighted by Gasteiger charge is -2.22. The summed E-state index contributed by atoms with van der Waals surface area (Å²) in [6.07, 6.45) is 1.32. The van der Waals surface area contributed by atoms with Crippen molar-refractivity contribution in [3.8, 4) is 0 Å². The molecule has 0 aromatic carbocycles. The number of carbonyl (C=O) groups excluding carboxylic acids is 1. The van der Waals surface area contributed by atoms with Crippen LogP contribution in [-0.4, -0.2) is 38.9 Å². The highest BCUT2D eigenvalue weighted by molar-refractivity contribution is 5.77. The Hall–Kier alpha value is -0.610. The zero-order chi connectivity index (χ0) is 11.3. The van der Waals surface area contributed by atoms with Crippen LogP contribution in [-0.2, 0) is 14.3 Å². The first-order valence-electron chi connectivity index (χ1n) is 5.52. The number of hydrogen-bond donors (Lipinski definition) is 1. The lowest BCUT2D eigenvalue weighted by Crippen LogP contribution is -2.36. The molecule has 1 fully saturated rings. The molecule has 0 unspecified atom stereocenters. The van der Waals surface area contributed by atoms with Crippen LogP contribution in [0.3, 0.4) is 0 Å². The maximum Gasteiger partial charge on any atom is 0.245 e. The van der Waals surface area contributed by atoms with E-state index in [1.54, 1.807) is 0 Å². The highest BCUT2D eigenvalue weighted by atomic mass is 16.5. The summed E-state index contributed by atoms with van der Waals surface area (Å²) in [5.74, 6) is 0.912. The Labute approximate surface area is 91.3 Å². The molecule has 0 bridgehead atoms. The van der Waals surface area contributed by atoms with Gasteiger partial charge in [0.15, 0.2) is 0 Å². The normalized spacial score (nSPS) is 25.9. The third-order valence-corrected chi connectivity index (χ3v) is 2.76. The molecule has 1 amide bonds. The minimum absolute atomic E-state index is 0.0492. The quantitative estimate of drug-likeness (QED) is 0.738. The second kappa shape index (κ2) is 6.08. The zero-order valence-electron chi connectivity index (χ0n) is 9.79. The fourth-order valence-corrected chi connectivity index (χ4v) is 2.04. The minimum atomic E-state index is -0.0492. The third-order valence-electron chi connectivity index (χ3n) is 2.76. The van der Waals surface area contributed by atoms with Crippen molar-refractivity contribution in [1.82, 2.24) is 5.32 Å². The van der Waals surface area contributed by atoms with Crippen LogP contribution >= 0.6 is 0 Å². The van der Waals surface area contributed by atoms with Gasteiger partial charge in [-0.25, -0.2) is 0 Å². The van der Waals surface area contributed by atoms with Crippen LogP contribution in [0.1, 0.15) is 20.3 Å². The van der Waals surface area contributed by atoms with Crippen molar-refractivity contribution in [3.05, 3.63) is 0 Å². The van der Waals surface area contributed by atoms with E-state index in [9.17, 15) is 4.79 Å². The predicted octanol–water partition coefficient (Wildman–Crippen LogP) is 0.810. The summed E-state index contributed by atoms with van der Waals surface area (Å²) >= 11 is 0. The van der Waals surface area contributed by atoms with Gasteiger partial charge in [-0.2, -0.15) is 0 Å². The average Bonchev–Trinajstić information content (AvgIpc) is 2.63. The van der Waals surface area contributed by atoms with Crippen molar-refractivity contribution in [2.24, 2.45) is 11.8 Å². The Morgan fingerprint density at radius 3 is 2.93 bits per heavy atom. The molecule has 0 spiro atoms. The molecule has 1 saturated heterocycles. The van der Waals surface area contributed by atoms with Gasteiger partial charge in [0.2, 0.25) is 5.91 Å². The predicted molar refractivity (Wildman–Crippen MR) is 57.6 cm³/mol. The van der Waals surface area contributed by atoms with Gasteiger partial charge < -0.3 is 14.8 Å². The standard InChI is InChI=1S/C11H21NO3/c1-8(2)11-9(4-5-15-11)6-12-10(13)7-14-3/h8-9,11H,4-7H2,1-3H3,(H,12,13)/t9-,11-/m1/s1. The van der Waals surface area contributed by atoms with Crippen molar-refractivity contribution < 1.29 is 14.3 Å². The summed E-state index contributed by atoms with van der Waals surface area (Å²) in [4.78, 5) is 11.2. The summed E-state index contributed by atoms with van der Waals surface area (Å²) < 4.78 is 10.4. The monoisotopic (exact) mass is 215 g/mol. The van der Waals surface area contributed by atoms with Crippen LogP contribution in [0.25, 0.3) is 0 Å². The van der Waals surface area contributed by atoms with E-state index in [0.717, 1.165) is 13.0 Å². The smallest absolute Gasteiger partial charge is 0.245 e. The summed E-state index contributed by atoms with van der Waals surface area (Å²) in [6.45, 7) is 5.96. The number of ether oxygens (including phenoxy) is 2. The van der Waals surface area contributed by atoms with Crippen molar-refractivity contribution >= 4 is 5.91 Å². The average molecular weight is 215 g/mol. The minimum Gasteiger partial charge on any atom is -0.378 e. The Bertz CT molecular complexity index is 206. The second-order valence-electron chi connectivity index (χ2n) is 4.37. The molecular formula is C11H21NO3. The first-order valence-corrected chi connectivity index (χ1v) is 5.52. The molecule has 2 atom stereocenters. The third kappa shape index (κ3) is 3.80. The second-order valence-corrected chi connectivity index (χ2v) is 4.37. The lowest BCUT2D eigenvalue weighted by atomic mass is 9.93. The molecule has 0 radical (unpaired) electrons. The molecule has 88 valence electrons. The van der Waals surface area contributed by atoms with Gasteiger partial charge in [0.1, 0.15) is 6.61 Å². The maximum atomic E-state index is 11.2. The Morgan fingerprint density at radius 1 is 1.60 bits per heavy atom. The molecule has 0 aliphatic carbocycles. The molecule has 0 aromatic heterocycles. The number of hydrogen-bond acceptors (Lipinski definition) is 3. The van der Waals surface area contributed by atoms with Gasteiger partial charge in [0, 0.05) is 26.2 Å². The molecule has 0 saturated carbocycles. The molecular weight excluding hydrogens is 194 g/mol. The van der Waals surface area contributed by atoms with E-state index in [1.807, 2.05) is 0 Å². The largest absolute Gasteiger partial charge is 0.378 e. The first kappa shape index (κ1) is 12.5. The van der Waals surface area contributed by atoms with Crippen molar-refractivity contribution in [3.63, 3.8) is 0 Å². The van der Waals surface area contributed by atoms with E-state index < -0.39 is 0 Å². The van der Waals surface area contributed by atoms with Crippen LogP contribution in [0.4, 0.5) is 0 Å². The molecule has 4 nitrogen and oxygen atoms in total. The number of methoxy groups -OCH3 is 1. The summed E-state index contributed by atoms with van der Waals surface area (Å²) in [6, 6.07) is 0. The van der Waals surface area contributed by atoms with Crippen molar-refractivity contribution in [1.29, 1.82) is 0 Å². The van der Waals surface area contributed by atoms with Gasteiger partial charge in [-0.1, -0.05) is 13.8 Å². The van der Waals surface area contributed by atoms with Gasteiger partial charge in [-0.3, -0.25) is 4.79 Å². The number of nitrogens with one attached hydrogen (secondary N) is 1. The van der Waals surface area contributed by atoms with Gasteiger partial charge in [-0.05, 0) is 12.3 Å². The molecule has 1 N–H and O–H groups in total.